The second kappa shape index (κ2) is 11.6. The van der Waals surface area contributed by atoms with Crippen molar-refractivity contribution in [1.82, 2.24) is 0 Å². The molecule has 2 aromatic carbocycles. The summed E-state index contributed by atoms with van der Waals surface area (Å²) in [4.78, 5) is 20.3. The van der Waals surface area contributed by atoms with E-state index < -0.39 is 18.5 Å². The third-order valence-corrected chi connectivity index (χ3v) is 4.39. The summed E-state index contributed by atoms with van der Waals surface area (Å²) in [5.74, 6) is -0.592. The van der Waals surface area contributed by atoms with E-state index in [0.29, 0.717) is 5.02 Å². The lowest BCUT2D eigenvalue weighted by molar-refractivity contribution is -0.139. The van der Waals surface area contributed by atoms with Crippen LogP contribution in [0.2, 0.25) is 10.0 Å². The first-order valence-corrected chi connectivity index (χ1v) is 8.93. The number of hydrogen-bond acceptors (Lipinski definition) is 4. The van der Waals surface area contributed by atoms with E-state index in [1.165, 1.54) is 17.3 Å². The number of carbonyl (C=O) groups is 2. The molecule has 0 saturated heterocycles. The lowest BCUT2D eigenvalue weighted by atomic mass is 10.2. The average molecular weight is 403 g/mol. The van der Waals surface area contributed by atoms with Gasteiger partial charge in [0.25, 0.3) is 0 Å². The van der Waals surface area contributed by atoms with Crippen LogP contribution in [0.1, 0.15) is 5.56 Å². The molecule has 0 spiro atoms. The SMILES string of the molecule is O=C(O)COc1cccc(Cl)c1Cl.O=C(O)CSCc1ccccc1. The second-order valence-corrected chi connectivity index (χ2v) is 6.38. The molecule has 0 amide bonds. The lowest BCUT2D eigenvalue weighted by Gasteiger charge is -2.05. The number of hydrogen-bond donors (Lipinski definition) is 2. The van der Waals surface area contributed by atoms with Gasteiger partial charge in [0.1, 0.15) is 10.8 Å². The average Bonchev–Trinajstić information content (AvgIpc) is 2.57. The predicted octanol–water partition coefficient (Wildman–Crippen LogP) is 4.46. The van der Waals surface area contributed by atoms with Gasteiger partial charge in [-0.2, -0.15) is 0 Å². The highest BCUT2D eigenvalue weighted by Crippen LogP contribution is 2.31. The van der Waals surface area contributed by atoms with Crippen LogP contribution >= 0.6 is 35.0 Å². The molecule has 0 aliphatic rings. The van der Waals surface area contributed by atoms with Crippen LogP contribution in [0.15, 0.2) is 48.5 Å². The minimum Gasteiger partial charge on any atom is -0.481 e. The summed E-state index contributed by atoms with van der Waals surface area (Å²) in [6.45, 7) is -0.430. The minimum atomic E-state index is -1.06. The van der Waals surface area contributed by atoms with E-state index in [-0.39, 0.29) is 16.5 Å². The molecule has 0 radical (unpaired) electrons. The highest BCUT2D eigenvalue weighted by atomic mass is 35.5. The topological polar surface area (TPSA) is 83.8 Å². The Morgan fingerprint density at radius 3 is 2.24 bits per heavy atom. The summed E-state index contributed by atoms with van der Waals surface area (Å²) in [6.07, 6.45) is 0. The molecule has 5 nitrogen and oxygen atoms in total. The maximum Gasteiger partial charge on any atom is 0.341 e. The number of thioether (sulfide) groups is 1. The molecule has 8 heteroatoms. The molecule has 0 heterocycles. The fourth-order valence-electron chi connectivity index (χ4n) is 1.57. The van der Waals surface area contributed by atoms with Crippen LogP contribution in [-0.2, 0) is 15.3 Å². The van der Waals surface area contributed by atoms with E-state index in [1.807, 2.05) is 30.3 Å². The van der Waals surface area contributed by atoms with Crippen molar-refractivity contribution in [3.8, 4) is 5.75 Å². The first kappa shape index (κ1) is 21.2. The Bertz CT molecular complexity index is 695. The van der Waals surface area contributed by atoms with Crippen molar-refractivity contribution < 1.29 is 24.5 Å². The van der Waals surface area contributed by atoms with Gasteiger partial charge in [0.05, 0.1) is 10.8 Å². The molecule has 0 atom stereocenters. The van der Waals surface area contributed by atoms with Crippen molar-refractivity contribution in [3.63, 3.8) is 0 Å². The van der Waals surface area contributed by atoms with Crippen LogP contribution in [0.4, 0.5) is 0 Å². The summed E-state index contributed by atoms with van der Waals surface area (Å²) in [5.41, 5.74) is 1.17. The van der Waals surface area contributed by atoms with Gasteiger partial charge in [0.15, 0.2) is 6.61 Å². The Kier molecular flexibility index (Phi) is 9.84. The van der Waals surface area contributed by atoms with Crippen molar-refractivity contribution in [2.75, 3.05) is 12.4 Å². The number of rotatable bonds is 7. The zero-order valence-electron chi connectivity index (χ0n) is 13.0. The van der Waals surface area contributed by atoms with Crippen molar-refractivity contribution in [1.29, 1.82) is 0 Å². The monoisotopic (exact) mass is 402 g/mol. The molecule has 0 bridgehead atoms. The zero-order valence-corrected chi connectivity index (χ0v) is 15.4. The van der Waals surface area contributed by atoms with Gasteiger partial charge in [-0.1, -0.05) is 59.6 Å². The molecular formula is C17H16Cl2O5S. The molecule has 25 heavy (non-hydrogen) atoms. The smallest absolute Gasteiger partial charge is 0.341 e. The van der Waals surface area contributed by atoms with Crippen LogP contribution in [-0.4, -0.2) is 34.5 Å². The minimum absolute atomic E-state index is 0.175. The predicted molar refractivity (Wildman–Crippen MR) is 99.8 cm³/mol. The fraction of sp³-hybridized carbons (Fsp3) is 0.176. The Balaban J connectivity index is 0.000000251. The van der Waals surface area contributed by atoms with Crippen LogP contribution in [0.25, 0.3) is 0 Å². The van der Waals surface area contributed by atoms with Crippen LogP contribution in [0.5, 0.6) is 5.75 Å². The molecule has 0 aliphatic carbocycles. The van der Waals surface area contributed by atoms with Crippen LogP contribution in [0.3, 0.4) is 0 Å². The molecule has 2 rings (SSSR count). The first-order chi connectivity index (χ1) is 11.9. The number of benzene rings is 2. The summed E-state index contributed by atoms with van der Waals surface area (Å²) < 4.78 is 4.86. The third kappa shape index (κ3) is 9.24. The molecule has 0 fully saturated rings. The van der Waals surface area contributed by atoms with Gasteiger partial charge < -0.3 is 14.9 Å². The van der Waals surface area contributed by atoms with Crippen molar-refractivity contribution in [2.24, 2.45) is 0 Å². The summed E-state index contributed by atoms with van der Waals surface area (Å²) in [6, 6.07) is 14.6. The van der Waals surface area contributed by atoms with Gasteiger partial charge in [-0.3, -0.25) is 4.79 Å². The Labute approximate surface area is 159 Å². The maximum absolute atomic E-state index is 10.2. The molecule has 0 aliphatic heterocycles. The summed E-state index contributed by atoms with van der Waals surface area (Å²) >= 11 is 12.8. The van der Waals surface area contributed by atoms with E-state index in [9.17, 15) is 9.59 Å². The van der Waals surface area contributed by atoms with E-state index in [0.717, 1.165) is 5.75 Å². The van der Waals surface area contributed by atoms with Gasteiger partial charge >= 0.3 is 11.9 Å². The van der Waals surface area contributed by atoms with E-state index in [1.54, 1.807) is 18.2 Å². The molecular weight excluding hydrogens is 387 g/mol. The van der Waals surface area contributed by atoms with E-state index in [2.05, 4.69) is 0 Å². The number of carboxylic acids is 2. The van der Waals surface area contributed by atoms with Gasteiger partial charge in [-0.15, -0.1) is 11.8 Å². The van der Waals surface area contributed by atoms with Crippen molar-refractivity contribution >= 4 is 46.9 Å². The number of carboxylic acid groups (broad SMARTS) is 2. The number of halogens is 2. The normalized spacial score (nSPS) is 9.68. The second-order valence-electron chi connectivity index (χ2n) is 4.61. The molecule has 2 N–H and O–H groups in total. The van der Waals surface area contributed by atoms with Crippen LogP contribution in [0, 0.1) is 0 Å². The highest BCUT2D eigenvalue weighted by Gasteiger charge is 2.06. The summed E-state index contributed by atoms with van der Waals surface area (Å²) in [5, 5.41) is 17.3. The molecule has 2 aromatic rings. The number of ether oxygens (including phenoxy) is 1. The van der Waals surface area contributed by atoms with Crippen molar-refractivity contribution in [2.45, 2.75) is 5.75 Å². The molecule has 0 aromatic heterocycles. The first-order valence-electron chi connectivity index (χ1n) is 7.02. The van der Waals surface area contributed by atoms with E-state index in [4.69, 9.17) is 38.2 Å². The van der Waals surface area contributed by atoms with Crippen LogP contribution < -0.4 is 4.74 Å². The van der Waals surface area contributed by atoms with Gasteiger partial charge in [0, 0.05) is 5.75 Å². The van der Waals surface area contributed by atoms with Gasteiger partial charge in [-0.25, -0.2) is 4.79 Å². The fourth-order valence-corrected chi connectivity index (χ4v) is 2.62. The lowest BCUT2D eigenvalue weighted by Crippen LogP contribution is -2.09. The Hall–Kier alpha value is -1.89. The standard InChI is InChI=1S/C9H10O2S.C8H6Cl2O3/c10-9(11)7-12-6-8-4-2-1-3-5-8;9-5-2-1-3-6(8(5)10)13-4-7(11)12/h1-5H,6-7H2,(H,10,11);1-3H,4H2,(H,11,12). The summed E-state index contributed by atoms with van der Waals surface area (Å²) in [7, 11) is 0. The zero-order chi connectivity index (χ0) is 18.7. The van der Waals surface area contributed by atoms with Crippen molar-refractivity contribution in [3.05, 3.63) is 64.1 Å². The number of aliphatic carboxylic acids is 2. The Morgan fingerprint density at radius 1 is 0.960 bits per heavy atom. The van der Waals surface area contributed by atoms with E-state index >= 15 is 0 Å². The maximum atomic E-state index is 10.2. The van der Waals surface area contributed by atoms with Gasteiger partial charge in [0.2, 0.25) is 0 Å². The largest absolute Gasteiger partial charge is 0.481 e. The molecule has 134 valence electrons. The molecule has 0 unspecified atom stereocenters. The third-order valence-electron chi connectivity index (χ3n) is 2.60. The Morgan fingerprint density at radius 2 is 1.64 bits per heavy atom. The molecule has 0 saturated carbocycles. The highest BCUT2D eigenvalue weighted by molar-refractivity contribution is 7.99. The van der Waals surface area contributed by atoms with Gasteiger partial charge in [-0.05, 0) is 17.7 Å². The quantitative estimate of drug-likeness (QED) is 0.710.